The van der Waals surface area contributed by atoms with Crippen molar-refractivity contribution in [2.24, 2.45) is 0 Å². The lowest BCUT2D eigenvalue weighted by molar-refractivity contribution is 0.0716. The van der Waals surface area contributed by atoms with Gasteiger partial charge >= 0.3 is 11.9 Å². The third-order valence-electron chi connectivity index (χ3n) is 11.2. The Labute approximate surface area is 359 Å². The maximum absolute atomic E-state index is 14.0. The zero-order valence-corrected chi connectivity index (χ0v) is 38.9. The zero-order valence-electron chi connectivity index (χ0n) is 38.9. The highest BCUT2D eigenvalue weighted by Crippen LogP contribution is 2.43. The molecule has 5 aromatic carbocycles. The number of aromatic hydroxyl groups is 2. The third-order valence-corrected chi connectivity index (χ3v) is 11.2. The predicted molar refractivity (Wildman–Crippen MR) is 245 cm³/mol. The van der Waals surface area contributed by atoms with E-state index in [0.717, 1.165) is 66.8 Å². The van der Waals surface area contributed by atoms with E-state index in [4.69, 9.17) is 9.47 Å². The number of carbonyl (C=O) groups excluding carboxylic acids is 2. The topological polar surface area (TPSA) is 93.1 Å². The molecule has 6 heteroatoms. The molecule has 5 aromatic rings. The van der Waals surface area contributed by atoms with Crippen molar-refractivity contribution < 1.29 is 29.3 Å². The van der Waals surface area contributed by atoms with Gasteiger partial charge in [-0.3, -0.25) is 0 Å². The Morgan fingerprint density at radius 2 is 0.767 bits per heavy atom. The number of rotatable bonds is 8. The molecule has 318 valence electrons. The summed E-state index contributed by atoms with van der Waals surface area (Å²) in [7, 11) is 0. The maximum atomic E-state index is 14.0. The van der Waals surface area contributed by atoms with Crippen LogP contribution in [0, 0.1) is 27.7 Å². The molecule has 0 saturated heterocycles. The fourth-order valence-corrected chi connectivity index (χ4v) is 8.40. The summed E-state index contributed by atoms with van der Waals surface area (Å²) in [6, 6.07) is 22.4. The van der Waals surface area contributed by atoms with Gasteiger partial charge in [-0.15, -0.1) is 0 Å². The molecule has 0 bridgehead atoms. The molecule has 0 atom stereocenters. The van der Waals surface area contributed by atoms with E-state index in [-0.39, 0.29) is 44.3 Å². The highest BCUT2D eigenvalue weighted by molar-refractivity contribution is 5.95. The second kappa shape index (κ2) is 16.6. The molecule has 0 aliphatic heterocycles. The highest BCUT2D eigenvalue weighted by atomic mass is 16.5. The van der Waals surface area contributed by atoms with Crippen molar-refractivity contribution in [3.63, 3.8) is 0 Å². The van der Waals surface area contributed by atoms with Crippen LogP contribution in [0.2, 0.25) is 0 Å². The van der Waals surface area contributed by atoms with Gasteiger partial charge in [-0.1, -0.05) is 143 Å². The molecule has 0 aromatic heterocycles. The number of benzene rings is 5. The number of phenolic OH excluding ortho intramolecular Hbond substituents is 2. The molecule has 0 unspecified atom stereocenters. The number of esters is 2. The molecule has 0 heterocycles. The van der Waals surface area contributed by atoms with E-state index in [1.165, 1.54) is 0 Å². The smallest absolute Gasteiger partial charge is 0.343 e. The van der Waals surface area contributed by atoms with E-state index in [9.17, 15) is 19.8 Å². The first-order valence-electron chi connectivity index (χ1n) is 21.0. The van der Waals surface area contributed by atoms with E-state index in [0.29, 0.717) is 24.3 Å². The molecule has 0 fully saturated rings. The van der Waals surface area contributed by atoms with Crippen LogP contribution < -0.4 is 9.47 Å². The van der Waals surface area contributed by atoms with Crippen molar-refractivity contribution in [2.75, 3.05) is 0 Å². The maximum Gasteiger partial charge on any atom is 0.343 e. The van der Waals surface area contributed by atoms with Gasteiger partial charge in [-0.25, -0.2) is 9.59 Å². The first-order valence-corrected chi connectivity index (χ1v) is 21.0. The van der Waals surface area contributed by atoms with Gasteiger partial charge in [0.05, 0.1) is 11.1 Å². The van der Waals surface area contributed by atoms with Crippen molar-refractivity contribution >= 4 is 11.9 Å². The molecule has 2 N–H and O–H groups in total. The molecule has 0 saturated carbocycles. The van der Waals surface area contributed by atoms with Crippen LogP contribution in [0.15, 0.2) is 72.8 Å². The predicted octanol–water partition coefficient (Wildman–Crippen LogP) is 13.1. The Morgan fingerprint density at radius 3 is 1.05 bits per heavy atom. The van der Waals surface area contributed by atoms with Gasteiger partial charge in [0.15, 0.2) is 0 Å². The quantitative estimate of drug-likeness (QED) is 0.120. The van der Waals surface area contributed by atoms with Gasteiger partial charge in [0.25, 0.3) is 0 Å². The molecule has 0 radical (unpaired) electrons. The minimum absolute atomic E-state index is 0.251. The first kappa shape index (κ1) is 45.7. The van der Waals surface area contributed by atoms with Crippen LogP contribution in [0.5, 0.6) is 23.0 Å². The van der Waals surface area contributed by atoms with E-state index in [2.05, 4.69) is 83.1 Å². The summed E-state index contributed by atoms with van der Waals surface area (Å²) in [5.74, 6) is 0.344. The summed E-state index contributed by atoms with van der Waals surface area (Å²) in [6.45, 7) is 33.1. The van der Waals surface area contributed by atoms with Gasteiger partial charge in [-0.2, -0.15) is 0 Å². The SMILES string of the molecule is Cc1cc(Cc2ccc(C)c(C(C)(C)C)c2OC(=O)c2ccc(C(=O)Oc3c(Cc4cc(C)cc(C(C)(C)C)c4O)ccc(C)c3C(C)(C)C)cc2)c(O)c(C(C)(C)C)c1. The first-order chi connectivity index (χ1) is 27.6. The van der Waals surface area contributed by atoms with Crippen LogP contribution >= 0.6 is 0 Å². The van der Waals surface area contributed by atoms with E-state index in [1.807, 2.05) is 76.2 Å². The molecular formula is C54H66O6. The van der Waals surface area contributed by atoms with Crippen molar-refractivity contribution in [3.05, 3.63) is 151 Å². The standard InChI is InChI=1S/C54H66O6/c1-31-25-39(45(55)41(27-31)51(5,6)7)29-37-19-17-33(3)43(53(11,12)13)47(37)59-49(57)35-21-23-36(24-22-35)50(58)60-48-38(20-18-34(4)44(48)54(14,15)16)30-40-26-32(2)28-42(46(40)56)52(8,9)10/h17-28,55-56H,29-30H2,1-16H3. The molecule has 0 amide bonds. The van der Waals surface area contributed by atoms with Gasteiger partial charge in [0.2, 0.25) is 0 Å². The fourth-order valence-electron chi connectivity index (χ4n) is 8.40. The number of hydrogen-bond acceptors (Lipinski definition) is 6. The molecule has 60 heavy (non-hydrogen) atoms. The monoisotopic (exact) mass is 810 g/mol. The fraction of sp³-hybridized carbons (Fsp3) is 0.407. The second-order valence-corrected chi connectivity index (χ2v) is 20.8. The lowest BCUT2D eigenvalue weighted by Crippen LogP contribution is -2.20. The van der Waals surface area contributed by atoms with Crippen molar-refractivity contribution in [3.8, 4) is 23.0 Å². The highest BCUT2D eigenvalue weighted by Gasteiger charge is 2.30. The van der Waals surface area contributed by atoms with Gasteiger partial charge < -0.3 is 19.7 Å². The summed E-state index contributed by atoms with van der Waals surface area (Å²) in [5.41, 5.74) is 10.1. The molecule has 5 rings (SSSR count). The Morgan fingerprint density at radius 1 is 0.450 bits per heavy atom. The minimum atomic E-state index is -0.556. The minimum Gasteiger partial charge on any atom is -0.507 e. The number of aryl methyl sites for hydroxylation is 4. The molecule has 6 nitrogen and oxygen atoms in total. The van der Waals surface area contributed by atoms with E-state index in [1.54, 1.807) is 24.3 Å². The summed E-state index contributed by atoms with van der Waals surface area (Å²) < 4.78 is 12.7. The number of hydrogen-bond donors (Lipinski definition) is 2. The van der Waals surface area contributed by atoms with Crippen molar-refractivity contribution in [1.29, 1.82) is 0 Å². The van der Waals surface area contributed by atoms with Crippen molar-refractivity contribution in [1.82, 2.24) is 0 Å². The van der Waals surface area contributed by atoms with Crippen LogP contribution in [0.1, 0.15) is 171 Å². The van der Waals surface area contributed by atoms with Gasteiger partial charge in [-0.05, 0) is 118 Å². The van der Waals surface area contributed by atoms with Gasteiger partial charge in [0.1, 0.15) is 23.0 Å². The Kier molecular flexibility index (Phi) is 12.6. The molecule has 0 aliphatic rings. The lowest BCUT2D eigenvalue weighted by Gasteiger charge is -2.27. The summed E-state index contributed by atoms with van der Waals surface area (Å²) in [4.78, 5) is 28.1. The Hall–Kier alpha value is -5.36. The average molecular weight is 811 g/mol. The third kappa shape index (κ3) is 9.97. The average Bonchev–Trinajstić information content (AvgIpc) is 3.11. The Bertz CT molecular complexity index is 2270. The number of ether oxygens (including phenoxy) is 2. The number of carbonyl (C=O) groups is 2. The van der Waals surface area contributed by atoms with Crippen LogP contribution in [0.3, 0.4) is 0 Å². The van der Waals surface area contributed by atoms with Crippen LogP contribution in [0.25, 0.3) is 0 Å². The van der Waals surface area contributed by atoms with Crippen molar-refractivity contribution in [2.45, 2.75) is 145 Å². The molecule has 0 aliphatic carbocycles. The zero-order chi connectivity index (χ0) is 44.9. The Balaban J connectivity index is 1.48. The summed E-state index contributed by atoms with van der Waals surface area (Å²) in [5, 5.41) is 22.9. The lowest BCUT2D eigenvalue weighted by atomic mass is 9.80. The van der Waals surface area contributed by atoms with Crippen LogP contribution in [0.4, 0.5) is 0 Å². The summed E-state index contributed by atoms with van der Waals surface area (Å²) in [6.07, 6.45) is 0.734. The summed E-state index contributed by atoms with van der Waals surface area (Å²) >= 11 is 0. The molecular weight excluding hydrogens is 745 g/mol. The normalized spacial score (nSPS) is 12.4. The van der Waals surface area contributed by atoms with Crippen LogP contribution in [-0.2, 0) is 34.5 Å². The number of phenols is 2. The van der Waals surface area contributed by atoms with Gasteiger partial charge in [0, 0.05) is 24.0 Å². The second-order valence-electron chi connectivity index (χ2n) is 20.8. The van der Waals surface area contributed by atoms with E-state index >= 15 is 0 Å². The largest absolute Gasteiger partial charge is 0.507 e. The van der Waals surface area contributed by atoms with Crippen LogP contribution in [-0.4, -0.2) is 22.2 Å². The molecule has 0 spiro atoms. The van der Waals surface area contributed by atoms with E-state index < -0.39 is 11.9 Å².